The SMILES string of the molecule is CC1(C)CC(C(=O)CSc2ccccc2Br)C(C)(C)O1. The normalized spacial score (nSPS) is 23.8. The van der Waals surface area contributed by atoms with Gasteiger partial charge in [0.25, 0.3) is 0 Å². The molecule has 0 bridgehead atoms. The van der Waals surface area contributed by atoms with Gasteiger partial charge in [0, 0.05) is 15.3 Å². The molecule has 2 rings (SSSR count). The van der Waals surface area contributed by atoms with Crippen molar-refractivity contribution < 1.29 is 9.53 Å². The highest BCUT2D eigenvalue weighted by Gasteiger charge is 2.48. The van der Waals surface area contributed by atoms with E-state index in [2.05, 4.69) is 29.8 Å². The van der Waals surface area contributed by atoms with Crippen LogP contribution < -0.4 is 0 Å². The van der Waals surface area contributed by atoms with E-state index in [4.69, 9.17) is 4.74 Å². The van der Waals surface area contributed by atoms with Gasteiger partial charge in [-0.25, -0.2) is 0 Å². The number of rotatable bonds is 4. The van der Waals surface area contributed by atoms with Crippen molar-refractivity contribution in [3.63, 3.8) is 0 Å². The van der Waals surface area contributed by atoms with Crippen LogP contribution in [-0.2, 0) is 9.53 Å². The van der Waals surface area contributed by atoms with Crippen molar-refractivity contribution in [2.75, 3.05) is 5.75 Å². The monoisotopic (exact) mass is 356 g/mol. The van der Waals surface area contributed by atoms with Crippen LogP contribution in [0.15, 0.2) is 33.6 Å². The maximum Gasteiger partial charge on any atom is 0.149 e. The van der Waals surface area contributed by atoms with E-state index in [9.17, 15) is 4.79 Å². The van der Waals surface area contributed by atoms with Gasteiger partial charge in [0.2, 0.25) is 0 Å². The molecule has 20 heavy (non-hydrogen) atoms. The second kappa shape index (κ2) is 5.82. The topological polar surface area (TPSA) is 26.3 Å². The maximum absolute atomic E-state index is 12.5. The molecule has 1 aliphatic rings. The second-order valence-electron chi connectivity index (χ2n) is 6.41. The lowest BCUT2D eigenvalue weighted by Gasteiger charge is -2.26. The van der Waals surface area contributed by atoms with Crippen LogP contribution in [0.1, 0.15) is 34.1 Å². The van der Waals surface area contributed by atoms with E-state index in [1.807, 2.05) is 38.1 Å². The van der Waals surface area contributed by atoms with Crippen LogP contribution in [0.3, 0.4) is 0 Å². The molecule has 1 heterocycles. The van der Waals surface area contributed by atoms with Gasteiger partial charge in [-0.05, 0) is 62.2 Å². The van der Waals surface area contributed by atoms with Crippen LogP contribution in [0.25, 0.3) is 0 Å². The third-order valence-corrected chi connectivity index (χ3v) is 5.72. The van der Waals surface area contributed by atoms with Gasteiger partial charge < -0.3 is 4.74 Å². The van der Waals surface area contributed by atoms with Crippen LogP contribution in [0.2, 0.25) is 0 Å². The first-order chi connectivity index (χ1) is 9.21. The number of hydrogen-bond acceptors (Lipinski definition) is 3. The Morgan fingerprint density at radius 1 is 1.35 bits per heavy atom. The first kappa shape index (κ1) is 16.1. The van der Waals surface area contributed by atoms with Crippen molar-refractivity contribution in [1.29, 1.82) is 0 Å². The molecule has 1 aromatic carbocycles. The predicted octanol–water partition coefficient (Wildman–Crippen LogP) is 4.70. The number of carbonyl (C=O) groups excluding carboxylic acids is 1. The molecule has 110 valence electrons. The van der Waals surface area contributed by atoms with E-state index >= 15 is 0 Å². The Morgan fingerprint density at radius 3 is 2.55 bits per heavy atom. The molecular formula is C16H21BrO2S. The Hall–Kier alpha value is -0.320. The van der Waals surface area contributed by atoms with E-state index in [1.54, 1.807) is 11.8 Å². The van der Waals surface area contributed by atoms with Crippen LogP contribution in [-0.4, -0.2) is 22.7 Å². The molecule has 0 N–H and O–H groups in total. The number of thioether (sulfide) groups is 1. The molecule has 1 fully saturated rings. The Bertz CT molecular complexity index is 511. The summed E-state index contributed by atoms with van der Waals surface area (Å²) in [5, 5.41) is 0. The summed E-state index contributed by atoms with van der Waals surface area (Å²) in [6, 6.07) is 8.00. The van der Waals surface area contributed by atoms with E-state index in [0.29, 0.717) is 5.75 Å². The van der Waals surface area contributed by atoms with Crippen LogP contribution in [0, 0.1) is 5.92 Å². The minimum absolute atomic E-state index is 0.0208. The fraction of sp³-hybridized carbons (Fsp3) is 0.562. The van der Waals surface area contributed by atoms with Crippen LogP contribution in [0.5, 0.6) is 0 Å². The summed E-state index contributed by atoms with van der Waals surface area (Å²) in [5.41, 5.74) is -0.573. The van der Waals surface area contributed by atoms with Gasteiger partial charge in [0.15, 0.2) is 0 Å². The molecule has 0 saturated carbocycles. The number of halogens is 1. The van der Waals surface area contributed by atoms with Gasteiger partial charge in [-0.2, -0.15) is 0 Å². The van der Waals surface area contributed by atoms with Crippen molar-refractivity contribution in [3.8, 4) is 0 Å². The van der Waals surface area contributed by atoms with E-state index in [0.717, 1.165) is 15.8 Å². The summed E-state index contributed by atoms with van der Waals surface area (Å²) in [5.74, 6) is 0.754. The Morgan fingerprint density at radius 2 is 2.00 bits per heavy atom. The van der Waals surface area contributed by atoms with Gasteiger partial charge >= 0.3 is 0 Å². The maximum atomic E-state index is 12.5. The lowest BCUT2D eigenvalue weighted by atomic mass is 9.84. The van der Waals surface area contributed by atoms with Crippen molar-refractivity contribution in [1.82, 2.24) is 0 Å². The standard InChI is InChI=1S/C16H21BrO2S/c1-15(2)9-11(16(3,4)19-15)13(18)10-20-14-8-6-5-7-12(14)17/h5-8,11H,9-10H2,1-4H3. The highest BCUT2D eigenvalue weighted by molar-refractivity contribution is 9.10. The number of Topliss-reactive ketones (excluding diaryl/α,β-unsaturated/α-hetero) is 1. The second-order valence-corrected chi connectivity index (χ2v) is 8.28. The minimum Gasteiger partial charge on any atom is -0.369 e. The molecule has 1 atom stereocenters. The molecule has 2 nitrogen and oxygen atoms in total. The lowest BCUT2D eigenvalue weighted by molar-refractivity contribution is -0.126. The zero-order valence-corrected chi connectivity index (χ0v) is 14.8. The molecule has 1 aliphatic heterocycles. The fourth-order valence-corrected chi connectivity index (χ4v) is 4.38. The van der Waals surface area contributed by atoms with Gasteiger partial charge in [-0.15, -0.1) is 11.8 Å². The van der Waals surface area contributed by atoms with Crippen molar-refractivity contribution in [2.24, 2.45) is 5.92 Å². The molecule has 0 amide bonds. The molecule has 0 aromatic heterocycles. The summed E-state index contributed by atoms with van der Waals surface area (Å²) in [7, 11) is 0. The summed E-state index contributed by atoms with van der Waals surface area (Å²) in [4.78, 5) is 13.6. The van der Waals surface area contributed by atoms with Crippen molar-refractivity contribution >= 4 is 33.5 Å². The molecule has 1 unspecified atom stereocenters. The average molecular weight is 357 g/mol. The Kier molecular flexibility index (Phi) is 4.67. The Balaban J connectivity index is 2.01. The average Bonchev–Trinajstić information content (AvgIpc) is 2.56. The summed E-state index contributed by atoms with van der Waals surface area (Å²) in [6.45, 7) is 8.16. The Labute approximate surface area is 133 Å². The number of carbonyl (C=O) groups is 1. The molecule has 1 saturated heterocycles. The molecule has 1 aromatic rings. The predicted molar refractivity (Wildman–Crippen MR) is 87.2 cm³/mol. The molecule has 0 aliphatic carbocycles. The number of ether oxygens (including phenoxy) is 1. The zero-order chi connectivity index (χ0) is 15.0. The van der Waals surface area contributed by atoms with Gasteiger partial charge in [0.05, 0.1) is 17.0 Å². The highest BCUT2D eigenvalue weighted by Crippen LogP contribution is 2.43. The van der Waals surface area contributed by atoms with E-state index in [-0.39, 0.29) is 22.9 Å². The first-order valence-corrected chi connectivity index (χ1v) is 8.59. The molecule has 0 spiro atoms. The number of hydrogen-bond donors (Lipinski definition) is 0. The van der Waals surface area contributed by atoms with Crippen molar-refractivity contribution in [2.45, 2.75) is 50.2 Å². The molecular weight excluding hydrogens is 336 g/mol. The van der Waals surface area contributed by atoms with Gasteiger partial charge in [-0.1, -0.05) is 12.1 Å². The van der Waals surface area contributed by atoms with E-state index < -0.39 is 0 Å². The highest BCUT2D eigenvalue weighted by atomic mass is 79.9. The molecule has 0 radical (unpaired) electrons. The summed E-state index contributed by atoms with van der Waals surface area (Å²) < 4.78 is 7.05. The smallest absolute Gasteiger partial charge is 0.149 e. The summed E-state index contributed by atoms with van der Waals surface area (Å²) in [6.07, 6.45) is 0.801. The minimum atomic E-state index is -0.366. The van der Waals surface area contributed by atoms with Gasteiger partial charge in [-0.3, -0.25) is 4.79 Å². The third-order valence-electron chi connectivity index (χ3n) is 3.67. The number of ketones is 1. The van der Waals surface area contributed by atoms with Crippen LogP contribution in [0.4, 0.5) is 0 Å². The summed E-state index contributed by atoms with van der Waals surface area (Å²) >= 11 is 5.10. The largest absolute Gasteiger partial charge is 0.369 e. The van der Waals surface area contributed by atoms with Crippen LogP contribution >= 0.6 is 27.7 Å². The molecule has 4 heteroatoms. The number of benzene rings is 1. The van der Waals surface area contributed by atoms with Gasteiger partial charge in [0.1, 0.15) is 5.78 Å². The first-order valence-electron chi connectivity index (χ1n) is 6.81. The lowest BCUT2D eigenvalue weighted by Crippen LogP contribution is -2.34. The fourth-order valence-electron chi connectivity index (χ4n) is 2.88. The quantitative estimate of drug-likeness (QED) is 0.731. The van der Waals surface area contributed by atoms with Crippen molar-refractivity contribution in [3.05, 3.63) is 28.7 Å². The zero-order valence-electron chi connectivity index (χ0n) is 12.4. The van der Waals surface area contributed by atoms with E-state index in [1.165, 1.54) is 0 Å². The third kappa shape index (κ3) is 3.66.